The molecular formula is C16H20ClN3O3. The third kappa shape index (κ3) is 4.02. The zero-order chi connectivity index (χ0) is 16.1. The van der Waals surface area contributed by atoms with Gasteiger partial charge in [0.2, 0.25) is 0 Å². The van der Waals surface area contributed by atoms with E-state index in [2.05, 4.69) is 15.3 Å². The number of aromatic nitrogens is 2. The fourth-order valence-electron chi connectivity index (χ4n) is 2.62. The van der Waals surface area contributed by atoms with Gasteiger partial charge in [-0.05, 0) is 18.9 Å². The van der Waals surface area contributed by atoms with Crippen molar-refractivity contribution in [1.82, 2.24) is 15.3 Å². The zero-order valence-corrected chi connectivity index (χ0v) is 13.8. The summed E-state index contributed by atoms with van der Waals surface area (Å²) >= 11 is 6.08. The Hall–Kier alpha value is -1.63. The molecule has 0 saturated carbocycles. The van der Waals surface area contributed by atoms with Crippen molar-refractivity contribution in [1.29, 1.82) is 0 Å². The lowest BCUT2D eigenvalue weighted by Crippen LogP contribution is -2.41. The lowest BCUT2D eigenvalue weighted by atomic mass is 10.1. The standard InChI is InChI=1S/C16H20ClN3O3/c1-21-14-7-12-13(19-10-20-16(12)17)8-15(14)23-5-2-3-11-9-22-6-4-18-11/h7-8,10-11,18H,2-6,9H2,1H3. The summed E-state index contributed by atoms with van der Waals surface area (Å²) in [7, 11) is 1.61. The number of rotatable bonds is 6. The Morgan fingerprint density at radius 1 is 1.35 bits per heavy atom. The quantitative estimate of drug-likeness (QED) is 0.645. The summed E-state index contributed by atoms with van der Waals surface area (Å²) < 4.78 is 16.7. The van der Waals surface area contributed by atoms with Gasteiger partial charge in [-0.1, -0.05) is 11.6 Å². The molecule has 0 aliphatic carbocycles. The number of ether oxygens (including phenoxy) is 3. The minimum absolute atomic E-state index is 0.406. The molecule has 1 aliphatic rings. The Labute approximate surface area is 140 Å². The maximum atomic E-state index is 6.08. The second kappa shape index (κ2) is 7.77. The number of benzene rings is 1. The minimum Gasteiger partial charge on any atom is -0.493 e. The van der Waals surface area contributed by atoms with Crippen LogP contribution in [-0.4, -0.2) is 49.5 Å². The van der Waals surface area contributed by atoms with Gasteiger partial charge in [-0.2, -0.15) is 0 Å². The summed E-state index contributed by atoms with van der Waals surface area (Å²) in [5.41, 5.74) is 0.739. The van der Waals surface area contributed by atoms with E-state index in [0.717, 1.165) is 43.5 Å². The van der Waals surface area contributed by atoms with Crippen molar-refractivity contribution in [2.45, 2.75) is 18.9 Å². The lowest BCUT2D eigenvalue weighted by Gasteiger charge is -2.23. The molecule has 0 amide bonds. The molecule has 1 aromatic carbocycles. The van der Waals surface area contributed by atoms with Crippen LogP contribution >= 0.6 is 11.6 Å². The van der Waals surface area contributed by atoms with Gasteiger partial charge in [-0.25, -0.2) is 9.97 Å². The fraction of sp³-hybridized carbons (Fsp3) is 0.500. The van der Waals surface area contributed by atoms with Crippen molar-refractivity contribution >= 4 is 22.5 Å². The summed E-state index contributed by atoms with van der Waals surface area (Å²) in [6.07, 6.45) is 3.40. The summed E-state index contributed by atoms with van der Waals surface area (Å²) in [6, 6.07) is 4.06. The van der Waals surface area contributed by atoms with Crippen molar-refractivity contribution in [3.8, 4) is 11.5 Å². The van der Waals surface area contributed by atoms with Gasteiger partial charge in [0.15, 0.2) is 11.5 Å². The first kappa shape index (κ1) is 16.2. The highest BCUT2D eigenvalue weighted by atomic mass is 35.5. The highest BCUT2D eigenvalue weighted by molar-refractivity contribution is 6.34. The number of fused-ring (bicyclic) bond motifs is 1. The van der Waals surface area contributed by atoms with E-state index in [1.54, 1.807) is 7.11 Å². The molecule has 23 heavy (non-hydrogen) atoms. The molecule has 1 N–H and O–H groups in total. The van der Waals surface area contributed by atoms with Crippen molar-refractivity contribution in [2.75, 3.05) is 33.5 Å². The molecule has 0 radical (unpaired) electrons. The molecule has 2 aromatic rings. The van der Waals surface area contributed by atoms with E-state index in [1.165, 1.54) is 6.33 Å². The predicted molar refractivity (Wildman–Crippen MR) is 88.4 cm³/mol. The van der Waals surface area contributed by atoms with Gasteiger partial charge in [0.25, 0.3) is 0 Å². The number of methoxy groups -OCH3 is 1. The van der Waals surface area contributed by atoms with Gasteiger partial charge in [0.1, 0.15) is 11.5 Å². The van der Waals surface area contributed by atoms with Crippen LogP contribution in [0.1, 0.15) is 12.8 Å². The first-order valence-electron chi connectivity index (χ1n) is 7.70. The molecule has 0 spiro atoms. The van der Waals surface area contributed by atoms with Gasteiger partial charge in [0, 0.05) is 24.0 Å². The highest BCUT2D eigenvalue weighted by Gasteiger charge is 2.13. The highest BCUT2D eigenvalue weighted by Crippen LogP contribution is 2.33. The summed E-state index contributed by atoms with van der Waals surface area (Å²) in [5.74, 6) is 1.30. The van der Waals surface area contributed by atoms with E-state index in [0.29, 0.717) is 29.3 Å². The number of halogens is 1. The van der Waals surface area contributed by atoms with Crippen LogP contribution in [0, 0.1) is 0 Å². The Morgan fingerprint density at radius 3 is 3.04 bits per heavy atom. The first-order valence-corrected chi connectivity index (χ1v) is 8.08. The monoisotopic (exact) mass is 337 g/mol. The van der Waals surface area contributed by atoms with E-state index in [4.69, 9.17) is 25.8 Å². The van der Waals surface area contributed by atoms with Crippen LogP contribution in [0.25, 0.3) is 10.9 Å². The molecule has 124 valence electrons. The van der Waals surface area contributed by atoms with Crippen LogP contribution in [0.4, 0.5) is 0 Å². The van der Waals surface area contributed by atoms with Gasteiger partial charge in [-0.3, -0.25) is 0 Å². The maximum Gasteiger partial charge on any atom is 0.163 e. The SMILES string of the molecule is COc1cc2c(Cl)ncnc2cc1OCCCC1COCCN1. The van der Waals surface area contributed by atoms with Crippen LogP contribution < -0.4 is 14.8 Å². The molecule has 6 nitrogen and oxygen atoms in total. The average Bonchev–Trinajstić information content (AvgIpc) is 2.59. The van der Waals surface area contributed by atoms with E-state index < -0.39 is 0 Å². The fourth-order valence-corrected chi connectivity index (χ4v) is 2.82. The van der Waals surface area contributed by atoms with Crippen molar-refractivity contribution in [3.63, 3.8) is 0 Å². The Balaban J connectivity index is 1.62. The van der Waals surface area contributed by atoms with E-state index in [-0.39, 0.29) is 0 Å². The molecular weight excluding hydrogens is 318 g/mol. The zero-order valence-electron chi connectivity index (χ0n) is 13.0. The third-order valence-corrected chi connectivity index (χ3v) is 4.13. The van der Waals surface area contributed by atoms with Crippen LogP contribution in [0.2, 0.25) is 5.15 Å². The Morgan fingerprint density at radius 2 is 2.26 bits per heavy atom. The Kier molecular flexibility index (Phi) is 5.48. The molecule has 7 heteroatoms. The molecule has 1 fully saturated rings. The molecule has 0 bridgehead atoms. The molecule has 1 saturated heterocycles. The normalized spacial score (nSPS) is 18.1. The van der Waals surface area contributed by atoms with E-state index >= 15 is 0 Å². The number of morpholine rings is 1. The minimum atomic E-state index is 0.406. The van der Waals surface area contributed by atoms with Crippen LogP contribution in [-0.2, 0) is 4.74 Å². The largest absolute Gasteiger partial charge is 0.493 e. The molecule has 1 atom stereocenters. The predicted octanol–water partition coefficient (Wildman–Crippen LogP) is 2.44. The molecule has 1 aliphatic heterocycles. The number of hydrogen-bond donors (Lipinski definition) is 1. The number of hydrogen-bond acceptors (Lipinski definition) is 6. The van der Waals surface area contributed by atoms with E-state index in [9.17, 15) is 0 Å². The van der Waals surface area contributed by atoms with Crippen LogP contribution in [0.15, 0.2) is 18.5 Å². The summed E-state index contributed by atoms with van der Waals surface area (Å²) in [6.45, 7) is 3.10. The summed E-state index contributed by atoms with van der Waals surface area (Å²) in [5, 5.41) is 4.59. The summed E-state index contributed by atoms with van der Waals surface area (Å²) in [4.78, 5) is 8.20. The molecule has 1 aromatic heterocycles. The third-order valence-electron chi connectivity index (χ3n) is 3.83. The number of nitrogens with one attached hydrogen (secondary N) is 1. The second-order valence-electron chi connectivity index (χ2n) is 5.40. The molecule has 3 rings (SSSR count). The average molecular weight is 338 g/mol. The van der Waals surface area contributed by atoms with Gasteiger partial charge in [-0.15, -0.1) is 0 Å². The van der Waals surface area contributed by atoms with Crippen LogP contribution in [0.3, 0.4) is 0 Å². The van der Waals surface area contributed by atoms with Crippen molar-refractivity contribution in [2.24, 2.45) is 0 Å². The maximum absolute atomic E-state index is 6.08. The number of nitrogens with zero attached hydrogens (tertiary/aromatic N) is 2. The van der Waals surface area contributed by atoms with Gasteiger partial charge >= 0.3 is 0 Å². The van der Waals surface area contributed by atoms with Gasteiger partial charge in [0.05, 0.1) is 32.4 Å². The Bertz CT molecular complexity index is 662. The molecule has 2 heterocycles. The van der Waals surface area contributed by atoms with Gasteiger partial charge < -0.3 is 19.5 Å². The van der Waals surface area contributed by atoms with Crippen molar-refractivity contribution in [3.05, 3.63) is 23.6 Å². The smallest absolute Gasteiger partial charge is 0.163 e. The topological polar surface area (TPSA) is 65.5 Å². The first-order chi connectivity index (χ1) is 11.3. The lowest BCUT2D eigenvalue weighted by molar-refractivity contribution is 0.0721. The van der Waals surface area contributed by atoms with Crippen molar-refractivity contribution < 1.29 is 14.2 Å². The second-order valence-corrected chi connectivity index (χ2v) is 5.76. The van der Waals surface area contributed by atoms with E-state index in [1.807, 2.05) is 12.1 Å². The molecule has 1 unspecified atom stereocenters. The van der Waals surface area contributed by atoms with Crippen LogP contribution in [0.5, 0.6) is 11.5 Å².